The summed E-state index contributed by atoms with van der Waals surface area (Å²) in [5.41, 5.74) is 1.22. The van der Waals surface area contributed by atoms with Gasteiger partial charge in [0.25, 0.3) is 0 Å². The van der Waals surface area contributed by atoms with E-state index in [0.29, 0.717) is 38.1 Å². The van der Waals surface area contributed by atoms with Crippen molar-refractivity contribution in [1.29, 1.82) is 0 Å². The van der Waals surface area contributed by atoms with Crippen molar-refractivity contribution in [2.24, 2.45) is 0 Å². The van der Waals surface area contributed by atoms with Crippen molar-refractivity contribution in [2.75, 3.05) is 7.05 Å². The lowest BCUT2D eigenvalue weighted by atomic mass is 10.3. The normalized spacial score (nSPS) is 11.2. The van der Waals surface area contributed by atoms with Gasteiger partial charge in [0, 0.05) is 6.07 Å². The smallest absolute Gasteiger partial charge is 0.209 e. The first-order valence-corrected chi connectivity index (χ1v) is 5.76. The Morgan fingerprint density at radius 2 is 2.27 bits per heavy atom. The van der Waals surface area contributed by atoms with Crippen LogP contribution in [0.15, 0.2) is 15.0 Å². The summed E-state index contributed by atoms with van der Waals surface area (Å²) in [6.45, 7) is 0.556. The first-order chi connectivity index (χ1) is 7.13. The van der Waals surface area contributed by atoms with Crippen LogP contribution in [-0.4, -0.2) is 12.0 Å². The number of fused-ring (bicyclic) bond motifs is 1. The molecule has 0 aliphatic carbocycles. The van der Waals surface area contributed by atoms with E-state index < -0.39 is 0 Å². The van der Waals surface area contributed by atoms with Crippen molar-refractivity contribution in [3.05, 3.63) is 26.5 Å². The molecule has 80 valence electrons. The Kier molecular flexibility index (Phi) is 3.21. The van der Waals surface area contributed by atoms with Gasteiger partial charge in [-0.15, -0.1) is 0 Å². The van der Waals surface area contributed by atoms with Gasteiger partial charge in [-0.05, 0) is 23.0 Å². The van der Waals surface area contributed by atoms with Crippen LogP contribution in [0.3, 0.4) is 0 Å². The molecule has 0 radical (unpaired) electrons. The second-order valence-corrected chi connectivity index (χ2v) is 4.55. The molecule has 1 aromatic carbocycles. The van der Waals surface area contributed by atoms with Crippen LogP contribution >= 0.6 is 39.1 Å². The molecule has 0 bridgehead atoms. The highest BCUT2D eigenvalue weighted by Crippen LogP contribution is 2.36. The monoisotopic (exact) mass is 308 g/mol. The molecule has 2 rings (SSSR count). The van der Waals surface area contributed by atoms with Gasteiger partial charge in [0.2, 0.25) is 5.89 Å². The molecule has 1 heterocycles. The maximum absolute atomic E-state index is 6.07. The van der Waals surface area contributed by atoms with Gasteiger partial charge in [-0.3, -0.25) is 0 Å². The minimum atomic E-state index is 0.476. The SMILES string of the molecule is CNCc1nc2c(Cl)c(Br)c(Cl)cc2o1. The Labute approximate surface area is 105 Å². The van der Waals surface area contributed by atoms with Crippen LogP contribution in [0.4, 0.5) is 0 Å². The molecule has 2 aromatic rings. The van der Waals surface area contributed by atoms with Crippen LogP contribution in [0.2, 0.25) is 10.0 Å². The van der Waals surface area contributed by atoms with Gasteiger partial charge in [0.15, 0.2) is 5.58 Å². The molecule has 3 nitrogen and oxygen atoms in total. The molecule has 0 aliphatic heterocycles. The number of rotatable bonds is 2. The number of oxazole rings is 1. The zero-order chi connectivity index (χ0) is 11.0. The quantitative estimate of drug-likeness (QED) is 0.861. The molecule has 0 aliphatic rings. The average Bonchev–Trinajstić information content (AvgIpc) is 2.58. The summed E-state index contributed by atoms with van der Waals surface area (Å²) in [5.74, 6) is 0.587. The van der Waals surface area contributed by atoms with Gasteiger partial charge >= 0.3 is 0 Å². The van der Waals surface area contributed by atoms with E-state index in [4.69, 9.17) is 27.6 Å². The maximum Gasteiger partial charge on any atom is 0.209 e. The van der Waals surface area contributed by atoms with E-state index in [1.54, 1.807) is 6.07 Å². The Hall–Kier alpha value is -0.290. The Bertz CT molecular complexity index is 512. The largest absolute Gasteiger partial charge is 0.439 e. The Morgan fingerprint density at radius 1 is 1.53 bits per heavy atom. The van der Waals surface area contributed by atoms with E-state index >= 15 is 0 Å². The van der Waals surface area contributed by atoms with Gasteiger partial charge in [-0.25, -0.2) is 4.98 Å². The van der Waals surface area contributed by atoms with E-state index in [1.807, 2.05) is 7.05 Å². The number of hydrogen-bond acceptors (Lipinski definition) is 3. The third kappa shape index (κ3) is 1.99. The lowest BCUT2D eigenvalue weighted by Crippen LogP contribution is -2.04. The number of aromatic nitrogens is 1. The maximum atomic E-state index is 6.07. The molecule has 0 saturated carbocycles. The molecule has 0 spiro atoms. The van der Waals surface area contributed by atoms with E-state index in [0.717, 1.165) is 0 Å². The number of nitrogens with zero attached hydrogens (tertiary/aromatic N) is 1. The van der Waals surface area contributed by atoms with Crippen LogP contribution in [-0.2, 0) is 6.54 Å². The van der Waals surface area contributed by atoms with Crippen molar-refractivity contribution in [1.82, 2.24) is 10.3 Å². The molecule has 6 heteroatoms. The van der Waals surface area contributed by atoms with Gasteiger partial charge in [-0.1, -0.05) is 23.2 Å². The Morgan fingerprint density at radius 3 is 2.93 bits per heavy atom. The fourth-order valence-corrected chi connectivity index (χ4v) is 2.03. The van der Waals surface area contributed by atoms with E-state index in [-0.39, 0.29) is 0 Å². The molecular weight excluding hydrogens is 303 g/mol. The molecule has 0 saturated heterocycles. The predicted molar refractivity (Wildman–Crippen MR) is 64.5 cm³/mol. The van der Waals surface area contributed by atoms with Crippen LogP contribution in [0, 0.1) is 0 Å². The highest BCUT2D eigenvalue weighted by atomic mass is 79.9. The number of hydrogen-bond donors (Lipinski definition) is 1. The van der Waals surface area contributed by atoms with Crippen molar-refractivity contribution in [3.63, 3.8) is 0 Å². The molecular formula is C9H7BrCl2N2O. The highest BCUT2D eigenvalue weighted by molar-refractivity contribution is 9.10. The number of nitrogens with one attached hydrogen (secondary N) is 1. The molecule has 1 aromatic heterocycles. The van der Waals surface area contributed by atoms with E-state index in [9.17, 15) is 0 Å². The zero-order valence-corrected chi connectivity index (χ0v) is 10.9. The number of halogens is 3. The summed E-state index contributed by atoms with van der Waals surface area (Å²) in [7, 11) is 1.82. The fraction of sp³-hybridized carbons (Fsp3) is 0.222. The van der Waals surface area contributed by atoms with Gasteiger partial charge in [-0.2, -0.15) is 0 Å². The van der Waals surface area contributed by atoms with Crippen molar-refractivity contribution < 1.29 is 4.42 Å². The van der Waals surface area contributed by atoms with E-state index in [2.05, 4.69) is 26.2 Å². The summed E-state index contributed by atoms with van der Waals surface area (Å²) in [6.07, 6.45) is 0. The van der Waals surface area contributed by atoms with E-state index in [1.165, 1.54) is 0 Å². The molecule has 0 unspecified atom stereocenters. The first kappa shape index (κ1) is 11.2. The van der Waals surface area contributed by atoms with Crippen molar-refractivity contribution >= 4 is 50.2 Å². The minimum Gasteiger partial charge on any atom is -0.439 e. The zero-order valence-electron chi connectivity index (χ0n) is 7.77. The number of benzene rings is 1. The summed E-state index contributed by atoms with van der Waals surface area (Å²) >= 11 is 15.3. The molecule has 1 N–H and O–H groups in total. The highest BCUT2D eigenvalue weighted by Gasteiger charge is 2.14. The van der Waals surface area contributed by atoms with Crippen LogP contribution in [0.5, 0.6) is 0 Å². The average molecular weight is 310 g/mol. The predicted octanol–water partition coefficient (Wildman–Crippen LogP) is 3.62. The molecule has 0 fully saturated rings. The third-order valence-corrected chi connectivity index (χ3v) is 3.84. The summed E-state index contributed by atoms with van der Waals surface area (Å²) in [6, 6.07) is 1.69. The summed E-state index contributed by atoms with van der Waals surface area (Å²) in [5, 5.41) is 3.94. The summed E-state index contributed by atoms with van der Waals surface area (Å²) < 4.78 is 6.10. The second kappa shape index (κ2) is 4.29. The third-order valence-electron chi connectivity index (χ3n) is 1.89. The van der Waals surface area contributed by atoms with Crippen molar-refractivity contribution in [3.8, 4) is 0 Å². The van der Waals surface area contributed by atoms with Crippen LogP contribution < -0.4 is 5.32 Å². The fourth-order valence-electron chi connectivity index (χ4n) is 1.25. The molecule has 0 atom stereocenters. The molecule has 0 amide bonds. The molecule has 15 heavy (non-hydrogen) atoms. The van der Waals surface area contributed by atoms with Crippen molar-refractivity contribution in [2.45, 2.75) is 6.54 Å². The second-order valence-electron chi connectivity index (χ2n) is 2.97. The van der Waals surface area contributed by atoms with Crippen LogP contribution in [0.25, 0.3) is 11.1 Å². The lowest BCUT2D eigenvalue weighted by Gasteiger charge is -1.97. The van der Waals surface area contributed by atoms with Gasteiger partial charge in [0.1, 0.15) is 5.52 Å². The first-order valence-electron chi connectivity index (χ1n) is 4.21. The topological polar surface area (TPSA) is 38.1 Å². The van der Waals surface area contributed by atoms with Gasteiger partial charge < -0.3 is 9.73 Å². The standard InChI is InChI=1S/C9H7BrCl2N2O/c1-13-3-6-14-9-5(15-6)2-4(11)7(10)8(9)12/h2,13H,3H2,1H3. The van der Waals surface area contributed by atoms with Gasteiger partial charge in [0.05, 0.1) is 21.1 Å². The lowest BCUT2D eigenvalue weighted by molar-refractivity contribution is 0.511. The Balaban J connectivity index is 2.65. The summed E-state index contributed by atoms with van der Waals surface area (Å²) in [4.78, 5) is 4.25. The minimum absolute atomic E-state index is 0.476. The van der Waals surface area contributed by atoms with Crippen LogP contribution in [0.1, 0.15) is 5.89 Å².